The molecule has 6 nitrogen and oxygen atoms in total. The van der Waals surface area contributed by atoms with Crippen molar-refractivity contribution in [2.45, 2.75) is 31.7 Å². The van der Waals surface area contributed by atoms with Gasteiger partial charge >= 0.3 is 0 Å². The second-order valence-electron chi connectivity index (χ2n) is 7.55. The number of nitrogens with one attached hydrogen (secondary N) is 1. The van der Waals surface area contributed by atoms with Crippen LogP contribution in [0.25, 0.3) is 11.4 Å². The first-order chi connectivity index (χ1) is 13.2. The van der Waals surface area contributed by atoms with Gasteiger partial charge in [-0.3, -0.25) is 4.79 Å². The molecule has 2 aliphatic rings. The van der Waals surface area contributed by atoms with Crippen LogP contribution in [0.2, 0.25) is 0 Å². The average Bonchev–Trinajstić information content (AvgIpc) is 3.22. The van der Waals surface area contributed by atoms with E-state index in [1.807, 2.05) is 36.4 Å². The molecule has 4 rings (SSSR count). The second-order valence-corrected chi connectivity index (χ2v) is 7.55. The molecule has 1 aliphatic heterocycles. The van der Waals surface area contributed by atoms with E-state index in [0.717, 1.165) is 50.4 Å². The largest absolute Gasteiger partial charge is 0.354 e. The summed E-state index contributed by atoms with van der Waals surface area (Å²) in [6.45, 7) is 3.80. The summed E-state index contributed by atoms with van der Waals surface area (Å²) in [5, 5.41) is 3.16. The van der Waals surface area contributed by atoms with Gasteiger partial charge in [-0.2, -0.15) is 0 Å². The molecule has 1 aromatic carbocycles. The summed E-state index contributed by atoms with van der Waals surface area (Å²) in [4.78, 5) is 26.8. The maximum Gasteiger partial charge on any atom is 0.270 e. The van der Waals surface area contributed by atoms with E-state index in [2.05, 4.69) is 27.1 Å². The number of amides is 1. The Morgan fingerprint density at radius 2 is 1.74 bits per heavy atom. The minimum absolute atomic E-state index is 0.0862. The van der Waals surface area contributed by atoms with Crippen LogP contribution in [-0.4, -0.2) is 60.0 Å². The van der Waals surface area contributed by atoms with Crippen LogP contribution in [0, 0.1) is 0 Å². The van der Waals surface area contributed by atoms with Crippen molar-refractivity contribution < 1.29 is 4.79 Å². The van der Waals surface area contributed by atoms with Crippen LogP contribution in [0.15, 0.2) is 36.4 Å². The first kappa shape index (κ1) is 17.9. The number of hydrogen-bond donors (Lipinski definition) is 1. The summed E-state index contributed by atoms with van der Waals surface area (Å²) in [5.74, 6) is 1.37. The molecule has 142 valence electrons. The Morgan fingerprint density at radius 3 is 2.44 bits per heavy atom. The zero-order valence-electron chi connectivity index (χ0n) is 15.9. The van der Waals surface area contributed by atoms with E-state index >= 15 is 0 Å². The number of piperazine rings is 1. The fourth-order valence-electron chi connectivity index (χ4n) is 3.79. The number of benzene rings is 1. The van der Waals surface area contributed by atoms with Crippen molar-refractivity contribution in [2.24, 2.45) is 0 Å². The number of aromatic nitrogens is 2. The van der Waals surface area contributed by atoms with Crippen LogP contribution in [-0.2, 0) is 0 Å². The zero-order valence-corrected chi connectivity index (χ0v) is 15.9. The normalized spacial score (nSPS) is 18.6. The van der Waals surface area contributed by atoms with Crippen molar-refractivity contribution in [3.63, 3.8) is 0 Å². The Kier molecular flexibility index (Phi) is 5.34. The quantitative estimate of drug-likeness (QED) is 0.902. The van der Waals surface area contributed by atoms with Crippen molar-refractivity contribution in [3.05, 3.63) is 42.1 Å². The van der Waals surface area contributed by atoms with Crippen molar-refractivity contribution in [2.75, 3.05) is 38.1 Å². The van der Waals surface area contributed by atoms with Crippen LogP contribution in [0.5, 0.6) is 0 Å². The van der Waals surface area contributed by atoms with E-state index in [1.165, 1.54) is 12.8 Å². The van der Waals surface area contributed by atoms with E-state index in [9.17, 15) is 4.79 Å². The molecule has 0 atom stereocenters. The van der Waals surface area contributed by atoms with Gasteiger partial charge in [0.2, 0.25) is 0 Å². The standard InChI is InChI=1S/C21H27N5O/c1-25-11-13-26(14-12-25)19-15-18(21(27)22-17-9-5-6-10-17)23-20(24-19)16-7-3-2-4-8-16/h2-4,7-8,15,17H,5-6,9-14H2,1H3,(H,22,27). The van der Waals surface area contributed by atoms with Crippen LogP contribution >= 0.6 is 0 Å². The van der Waals surface area contributed by atoms with Gasteiger partial charge in [-0.05, 0) is 19.9 Å². The lowest BCUT2D eigenvalue weighted by molar-refractivity contribution is 0.0933. The van der Waals surface area contributed by atoms with E-state index in [-0.39, 0.29) is 11.9 Å². The molecule has 27 heavy (non-hydrogen) atoms. The van der Waals surface area contributed by atoms with Crippen molar-refractivity contribution in [1.29, 1.82) is 0 Å². The zero-order chi connectivity index (χ0) is 18.6. The molecule has 1 amide bonds. The number of hydrogen-bond acceptors (Lipinski definition) is 5. The maximum absolute atomic E-state index is 12.8. The highest BCUT2D eigenvalue weighted by Crippen LogP contribution is 2.22. The van der Waals surface area contributed by atoms with E-state index in [0.29, 0.717) is 11.5 Å². The van der Waals surface area contributed by atoms with Crippen LogP contribution in [0.1, 0.15) is 36.2 Å². The molecule has 0 radical (unpaired) electrons. The van der Waals surface area contributed by atoms with Gasteiger partial charge in [-0.15, -0.1) is 0 Å². The minimum atomic E-state index is -0.0862. The number of carbonyl (C=O) groups is 1. The molecule has 0 unspecified atom stereocenters. The SMILES string of the molecule is CN1CCN(c2cc(C(=O)NC3CCCC3)nc(-c3ccccc3)n2)CC1. The monoisotopic (exact) mass is 365 g/mol. The molecule has 2 aromatic rings. The Balaban J connectivity index is 1.64. The predicted octanol–water partition coefficient (Wildman–Crippen LogP) is 2.57. The highest BCUT2D eigenvalue weighted by Gasteiger charge is 2.22. The second kappa shape index (κ2) is 8.05. The number of nitrogens with zero attached hydrogens (tertiary/aromatic N) is 4. The molecule has 6 heteroatoms. The van der Waals surface area contributed by atoms with Crippen LogP contribution in [0.3, 0.4) is 0 Å². The third-order valence-corrected chi connectivity index (χ3v) is 5.49. The number of anilines is 1. The van der Waals surface area contributed by atoms with Gasteiger partial charge in [0.15, 0.2) is 5.82 Å². The number of likely N-dealkylation sites (N-methyl/N-ethyl adjacent to an activating group) is 1. The Hall–Kier alpha value is -2.47. The fourth-order valence-corrected chi connectivity index (χ4v) is 3.79. The summed E-state index contributed by atoms with van der Waals surface area (Å²) in [6.07, 6.45) is 4.51. The van der Waals surface area contributed by atoms with E-state index in [4.69, 9.17) is 4.98 Å². The third kappa shape index (κ3) is 4.27. The van der Waals surface area contributed by atoms with Crippen LogP contribution < -0.4 is 10.2 Å². The first-order valence-corrected chi connectivity index (χ1v) is 9.88. The average molecular weight is 365 g/mol. The smallest absolute Gasteiger partial charge is 0.270 e. The molecule has 1 aliphatic carbocycles. The summed E-state index contributed by atoms with van der Waals surface area (Å²) in [6, 6.07) is 12.0. The lowest BCUT2D eigenvalue weighted by Gasteiger charge is -2.33. The Morgan fingerprint density at radius 1 is 1.04 bits per heavy atom. The van der Waals surface area contributed by atoms with Crippen molar-refractivity contribution in [1.82, 2.24) is 20.2 Å². The van der Waals surface area contributed by atoms with Gasteiger partial charge < -0.3 is 15.1 Å². The molecule has 1 N–H and O–H groups in total. The molecule has 1 saturated heterocycles. The Labute approximate surface area is 160 Å². The third-order valence-electron chi connectivity index (χ3n) is 5.49. The molecule has 0 spiro atoms. The van der Waals surface area contributed by atoms with E-state index < -0.39 is 0 Å². The molecular formula is C21H27N5O. The molecule has 2 heterocycles. The molecular weight excluding hydrogens is 338 g/mol. The van der Waals surface area contributed by atoms with E-state index in [1.54, 1.807) is 0 Å². The van der Waals surface area contributed by atoms with Crippen LogP contribution in [0.4, 0.5) is 5.82 Å². The lowest BCUT2D eigenvalue weighted by atomic mass is 10.2. The highest BCUT2D eigenvalue weighted by molar-refractivity contribution is 5.93. The topological polar surface area (TPSA) is 61.4 Å². The van der Waals surface area contributed by atoms with Gasteiger partial charge in [0.05, 0.1) is 0 Å². The van der Waals surface area contributed by atoms with Crippen molar-refractivity contribution >= 4 is 11.7 Å². The summed E-state index contributed by atoms with van der Waals surface area (Å²) < 4.78 is 0. The maximum atomic E-state index is 12.8. The van der Waals surface area contributed by atoms with Gasteiger partial charge in [-0.1, -0.05) is 43.2 Å². The summed E-state index contributed by atoms with van der Waals surface area (Å²) in [5.41, 5.74) is 1.40. The Bertz CT molecular complexity index is 780. The molecule has 1 saturated carbocycles. The minimum Gasteiger partial charge on any atom is -0.354 e. The summed E-state index contributed by atoms with van der Waals surface area (Å²) in [7, 11) is 2.13. The number of rotatable bonds is 4. The predicted molar refractivity (Wildman–Crippen MR) is 107 cm³/mol. The molecule has 1 aromatic heterocycles. The van der Waals surface area contributed by atoms with Gasteiger partial charge in [0.1, 0.15) is 11.5 Å². The first-order valence-electron chi connectivity index (χ1n) is 9.88. The fraction of sp³-hybridized carbons (Fsp3) is 0.476. The number of carbonyl (C=O) groups excluding carboxylic acids is 1. The lowest BCUT2D eigenvalue weighted by Crippen LogP contribution is -2.45. The van der Waals surface area contributed by atoms with Gasteiger partial charge in [-0.25, -0.2) is 9.97 Å². The van der Waals surface area contributed by atoms with Gasteiger partial charge in [0, 0.05) is 43.9 Å². The van der Waals surface area contributed by atoms with Gasteiger partial charge in [0.25, 0.3) is 5.91 Å². The van der Waals surface area contributed by atoms with Crippen molar-refractivity contribution in [3.8, 4) is 11.4 Å². The summed E-state index contributed by atoms with van der Waals surface area (Å²) >= 11 is 0. The molecule has 2 fully saturated rings. The highest BCUT2D eigenvalue weighted by atomic mass is 16.1. The molecule has 0 bridgehead atoms.